The first-order chi connectivity index (χ1) is 10.4. The fourth-order valence-electron chi connectivity index (χ4n) is 4.71. The van der Waals surface area contributed by atoms with Gasteiger partial charge >= 0.3 is 0 Å². The average molecular weight is 278 g/mol. The lowest BCUT2D eigenvalue weighted by Gasteiger charge is -2.41. The predicted molar refractivity (Wildman–Crippen MR) is 85.3 cm³/mol. The van der Waals surface area contributed by atoms with E-state index >= 15 is 0 Å². The fraction of sp³-hybridized carbons (Fsp3) is 0.400. The summed E-state index contributed by atoms with van der Waals surface area (Å²) >= 11 is 0. The fourth-order valence-corrected chi connectivity index (χ4v) is 4.71. The van der Waals surface area contributed by atoms with Crippen molar-refractivity contribution in [2.24, 2.45) is 11.8 Å². The van der Waals surface area contributed by atoms with E-state index < -0.39 is 0 Å². The standard InChI is InChI=1S/C20H22O/c1-21-20-17-11-6-5-10-15(17)19(14-8-3-2-4-9-14)16-12-7-13-18(16)20/h2-6,8-11,16,18-20H,7,12-13H2,1H3/t16-,18+,19-,20+/m0/s1. The molecule has 2 aliphatic rings. The van der Waals surface area contributed by atoms with Crippen molar-refractivity contribution in [1.29, 1.82) is 0 Å². The quantitative estimate of drug-likeness (QED) is 0.756. The number of ether oxygens (including phenoxy) is 1. The summed E-state index contributed by atoms with van der Waals surface area (Å²) in [7, 11) is 1.87. The molecule has 0 bridgehead atoms. The third-order valence-corrected chi connectivity index (χ3v) is 5.49. The van der Waals surface area contributed by atoms with Crippen molar-refractivity contribution in [2.75, 3.05) is 7.11 Å². The van der Waals surface area contributed by atoms with Gasteiger partial charge in [-0.25, -0.2) is 0 Å². The highest BCUT2D eigenvalue weighted by Crippen LogP contribution is 2.55. The van der Waals surface area contributed by atoms with Crippen molar-refractivity contribution < 1.29 is 4.74 Å². The van der Waals surface area contributed by atoms with Gasteiger partial charge in [0.1, 0.15) is 0 Å². The van der Waals surface area contributed by atoms with Crippen molar-refractivity contribution in [1.82, 2.24) is 0 Å². The Hall–Kier alpha value is -1.60. The number of fused-ring (bicyclic) bond motifs is 2. The van der Waals surface area contributed by atoms with Gasteiger partial charge in [-0.15, -0.1) is 0 Å². The molecule has 1 nitrogen and oxygen atoms in total. The first-order valence-electron chi connectivity index (χ1n) is 8.06. The molecule has 0 aliphatic heterocycles. The summed E-state index contributed by atoms with van der Waals surface area (Å²) in [5.41, 5.74) is 4.37. The van der Waals surface area contributed by atoms with Gasteiger partial charge in [0.2, 0.25) is 0 Å². The van der Waals surface area contributed by atoms with Crippen LogP contribution in [0.1, 0.15) is 48.0 Å². The summed E-state index contributed by atoms with van der Waals surface area (Å²) < 4.78 is 5.92. The van der Waals surface area contributed by atoms with E-state index in [1.165, 1.54) is 36.0 Å². The molecule has 4 atom stereocenters. The maximum absolute atomic E-state index is 5.92. The van der Waals surface area contributed by atoms with Crippen LogP contribution < -0.4 is 0 Å². The van der Waals surface area contributed by atoms with Gasteiger partial charge in [0, 0.05) is 13.0 Å². The van der Waals surface area contributed by atoms with E-state index in [0.29, 0.717) is 11.8 Å². The van der Waals surface area contributed by atoms with Crippen LogP contribution in [0.15, 0.2) is 54.6 Å². The topological polar surface area (TPSA) is 9.23 Å². The molecule has 4 rings (SSSR count). The number of hydrogen-bond donors (Lipinski definition) is 0. The molecule has 21 heavy (non-hydrogen) atoms. The van der Waals surface area contributed by atoms with E-state index in [0.717, 1.165) is 5.92 Å². The second-order valence-corrected chi connectivity index (χ2v) is 6.43. The maximum atomic E-state index is 5.92. The molecule has 1 saturated carbocycles. The molecule has 108 valence electrons. The van der Waals surface area contributed by atoms with Crippen LogP contribution in [0.4, 0.5) is 0 Å². The number of benzene rings is 2. The highest BCUT2D eigenvalue weighted by Gasteiger charge is 2.45. The Morgan fingerprint density at radius 2 is 1.48 bits per heavy atom. The molecule has 2 aromatic carbocycles. The zero-order valence-corrected chi connectivity index (χ0v) is 12.5. The van der Waals surface area contributed by atoms with E-state index in [-0.39, 0.29) is 6.10 Å². The van der Waals surface area contributed by atoms with Crippen LogP contribution in [0.3, 0.4) is 0 Å². The summed E-state index contributed by atoms with van der Waals surface area (Å²) in [4.78, 5) is 0. The van der Waals surface area contributed by atoms with Gasteiger partial charge in [-0.05, 0) is 41.4 Å². The first-order valence-corrected chi connectivity index (χ1v) is 8.06. The summed E-state index contributed by atoms with van der Waals surface area (Å²) in [5.74, 6) is 1.95. The molecule has 1 heteroatoms. The molecule has 1 fully saturated rings. The molecular formula is C20H22O. The molecule has 0 spiro atoms. The van der Waals surface area contributed by atoms with E-state index in [1.54, 1.807) is 0 Å². The van der Waals surface area contributed by atoms with Gasteiger partial charge in [-0.1, -0.05) is 61.0 Å². The highest BCUT2D eigenvalue weighted by molar-refractivity contribution is 5.43. The molecule has 0 amide bonds. The van der Waals surface area contributed by atoms with E-state index in [1.807, 2.05) is 7.11 Å². The maximum Gasteiger partial charge on any atom is 0.0855 e. The Kier molecular flexibility index (Phi) is 3.31. The van der Waals surface area contributed by atoms with Crippen LogP contribution in [0.25, 0.3) is 0 Å². The second-order valence-electron chi connectivity index (χ2n) is 6.43. The van der Waals surface area contributed by atoms with Gasteiger partial charge in [0.15, 0.2) is 0 Å². The van der Waals surface area contributed by atoms with Crippen LogP contribution in [-0.4, -0.2) is 7.11 Å². The summed E-state index contributed by atoms with van der Waals surface area (Å²) in [6.45, 7) is 0. The highest BCUT2D eigenvalue weighted by atomic mass is 16.5. The van der Waals surface area contributed by atoms with Crippen LogP contribution in [0, 0.1) is 11.8 Å². The molecule has 0 saturated heterocycles. The zero-order chi connectivity index (χ0) is 14.2. The molecule has 2 aliphatic carbocycles. The van der Waals surface area contributed by atoms with Crippen LogP contribution in [-0.2, 0) is 4.74 Å². The van der Waals surface area contributed by atoms with Crippen molar-refractivity contribution in [3.63, 3.8) is 0 Å². The summed E-state index contributed by atoms with van der Waals surface area (Å²) in [6, 6.07) is 20.0. The average Bonchev–Trinajstić information content (AvgIpc) is 3.02. The summed E-state index contributed by atoms with van der Waals surface area (Å²) in [6.07, 6.45) is 4.26. The molecular weight excluding hydrogens is 256 g/mol. The van der Waals surface area contributed by atoms with Gasteiger partial charge < -0.3 is 4.74 Å². The van der Waals surface area contributed by atoms with Crippen LogP contribution in [0.5, 0.6) is 0 Å². The molecule has 0 radical (unpaired) electrons. The minimum atomic E-state index is 0.286. The largest absolute Gasteiger partial charge is 0.376 e. The Morgan fingerprint density at radius 1 is 0.810 bits per heavy atom. The zero-order valence-electron chi connectivity index (χ0n) is 12.5. The SMILES string of the molecule is CO[C@@H]1c2ccccc2[C@H](c2ccccc2)[C@H]2CCC[C@H]21. The predicted octanol–water partition coefficient (Wildman–Crippen LogP) is 4.94. The minimum absolute atomic E-state index is 0.286. The number of rotatable bonds is 2. The van der Waals surface area contributed by atoms with Crippen molar-refractivity contribution >= 4 is 0 Å². The second kappa shape index (κ2) is 5.31. The molecule has 0 N–H and O–H groups in total. The van der Waals surface area contributed by atoms with E-state index in [9.17, 15) is 0 Å². The molecule has 0 unspecified atom stereocenters. The molecule has 0 heterocycles. The lowest BCUT2D eigenvalue weighted by atomic mass is 9.66. The third kappa shape index (κ3) is 2.03. The Labute approximate surface area is 127 Å². The van der Waals surface area contributed by atoms with Crippen molar-refractivity contribution in [3.8, 4) is 0 Å². The third-order valence-electron chi connectivity index (χ3n) is 5.49. The Bertz CT molecular complexity index is 619. The van der Waals surface area contributed by atoms with Gasteiger partial charge in [0.05, 0.1) is 6.10 Å². The smallest absolute Gasteiger partial charge is 0.0855 e. The number of methoxy groups -OCH3 is 1. The van der Waals surface area contributed by atoms with Crippen LogP contribution in [0.2, 0.25) is 0 Å². The van der Waals surface area contributed by atoms with Gasteiger partial charge in [-0.2, -0.15) is 0 Å². The first kappa shape index (κ1) is 13.1. The lowest BCUT2D eigenvalue weighted by Crippen LogP contribution is -2.31. The summed E-state index contributed by atoms with van der Waals surface area (Å²) in [5, 5.41) is 0. The van der Waals surface area contributed by atoms with Crippen LogP contribution >= 0.6 is 0 Å². The van der Waals surface area contributed by atoms with Crippen molar-refractivity contribution in [3.05, 3.63) is 71.3 Å². The molecule has 0 aromatic heterocycles. The number of hydrogen-bond acceptors (Lipinski definition) is 1. The Balaban J connectivity index is 1.89. The van der Waals surface area contributed by atoms with E-state index in [4.69, 9.17) is 4.74 Å². The lowest BCUT2D eigenvalue weighted by molar-refractivity contribution is 0.0220. The van der Waals surface area contributed by atoms with Crippen molar-refractivity contribution in [2.45, 2.75) is 31.3 Å². The van der Waals surface area contributed by atoms with Gasteiger partial charge in [0.25, 0.3) is 0 Å². The Morgan fingerprint density at radius 3 is 2.24 bits per heavy atom. The normalized spacial score (nSPS) is 30.7. The van der Waals surface area contributed by atoms with Gasteiger partial charge in [-0.3, -0.25) is 0 Å². The minimum Gasteiger partial charge on any atom is -0.376 e. The monoisotopic (exact) mass is 278 g/mol. The van der Waals surface area contributed by atoms with E-state index in [2.05, 4.69) is 54.6 Å². The molecule has 2 aromatic rings.